The van der Waals surface area contributed by atoms with Crippen LogP contribution in [0, 0.1) is 5.92 Å². The molecule has 2 saturated heterocycles. The molecule has 152 valence electrons. The average Bonchev–Trinajstić information content (AvgIpc) is 2.91. The summed E-state index contributed by atoms with van der Waals surface area (Å²) in [6.45, 7) is 8.13. The second-order valence-electron chi connectivity index (χ2n) is 7.36. The number of piperidine rings is 1. The van der Waals surface area contributed by atoms with Gasteiger partial charge in [0, 0.05) is 45.4 Å². The number of nitrogens with zero attached hydrogens (tertiary/aromatic N) is 4. The van der Waals surface area contributed by atoms with Crippen LogP contribution >= 0.6 is 0 Å². The third-order valence-corrected chi connectivity index (χ3v) is 5.38. The molecule has 6 nitrogen and oxygen atoms in total. The molecule has 2 aliphatic heterocycles. The first kappa shape index (κ1) is 20.3. The summed E-state index contributed by atoms with van der Waals surface area (Å²) >= 11 is 0. The van der Waals surface area contributed by atoms with Gasteiger partial charge in [0.1, 0.15) is 0 Å². The van der Waals surface area contributed by atoms with Gasteiger partial charge in [0.15, 0.2) is 5.69 Å². The third kappa shape index (κ3) is 6.02. The van der Waals surface area contributed by atoms with Crippen molar-refractivity contribution in [2.75, 3.05) is 52.5 Å². The summed E-state index contributed by atoms with van der Waals surface area (Å²) in [5.41, 5.74) is -1.76. The molecule has 0 amide bonds. The smallest absolute Gasteiger partial charge is 0.380 e. The van der Waals surface area contributed by atoms with E-state index in [1.807, 2.05) is 0 Å². The second-order valence-corrected chi connectivity index (χ2v) is 7.36. The van der Waals surface area contributed by atoms with Crippen molar-refractivity contribution >= 4 is 0 Å². The van der Waals surface area contributed by atoms with Crippen LogP contribution in [-0.4, -0.2) is 71.8 Å². The monoisotopic (exact) mass is 388 g/mol. The zero-order valence-electron chi connectivity index (χ0n) is 15.5. The minimum atomic E-state index is -4.58. The topological polar surface area (TPSA) is 50.6 Å². The highest BCUT2D eigenvalue weighted by Gasteiger charge is 2.33. The lowest BCUT2D eigenvalue weighted by atomic mass is 9.96. The van der Waals surface area contributed by atoms with E-state index >= 15 is 0 Å². The van der Waals surface area contributed by atoms with Crippen molar-refractivity contribution in [2.24, 2.45) is 5.92 Å². The largest absolute Gasteiger partial charge is 0.433 e. The first-order chi connectivity index (χ1) is 12.9. The van der Waals surface area contributed by atoms with Gasteiger partial charge in [-0.1, -0.05) is 0 Å². The zero-order chi connectivity index (χ0) is 19.3. The zero-order valence-corrected chi connectivity index (χ0v) is 15.5. The summed E-state index contributed by atoms with van der Waals surface area (Å²) in [6, 6.07) is 0.583. The molecule has 3 rings (SSSR count). The van der Waals surface area contributed by atoms with E-state index in [0.29, 0.717) is 18.5 Å². The number of hydrogen-bond donors (Lipinski definition) is 0. The lowest BCUT2D eigenvalue weighted by Gasteiger charge is -2.33. The van der Waals surface area contributed by atoms with Crippen LogP contribution < -0.4 is 5.56 Å². The molecule has 0 atom stereocenters. The van der Waals surface area contributed by atoms with Crippen molar-refractivity contribution in [3.05, 3.63) is 28.4 Å². The number of aromatic nitrogens is 2. The van der Waals surface area contributed by atoms with Crippen molar-refractivity contribution in [3.8, 4) is 0 Å². The molecule has 0 spiro atoms. The van der Waals surface area contributed by atoms with Gasteiger partial charge in [0.25, 0.3) is 5.56 Å². The third-order valence-electron chi connectivity index (χ3n) is 5.38. The van der Waals surface area contributed by atoms with E-state index in [1.54, 1.807) is 0 Å². The van der Waals surface area contributed by atoms with Crippen LogP contribution in [0.2, 0.25) is 0 Å². The average molecular weight is 388 g/mol. The highest BCUT2D eigenvalue weighted by atomic mass is 19.4. The van der Waals surface area contributed by atoms with Crippen LogP contribution in [0.1, 0.15) is 25.0 Å². The van der Waals surface area contributed by atoms with Gasteiger partial charge >= 0.3 is 6.18 Å². The van der Waals surface area contributed by atoms with Crippen LogP contribution in [0.25, 0.3) is 0 Å². The molecule has 1 aromatic rings. The molecule has 27 heavy (non-hydrogen) atoms. The standard InChI is InChI=1S/C18H27F3N4O2/c19-18(20,21)16-12-17(26)25(14-22-16)13-15-2-5-24(6-3-15)8-7-23-4-1-10-27-11-9-23/h12,14-15H,1-11,13H2. The van der Waals surface area contributed by atoms with Gasteiger partial charge in [-0.15, -0.1) is 0 Å². The van der Waals surface area contributed by atoms with E-state index in [2.05, 4.69) is 14.8 Å². The van der Waals surface area contributed by atoms with Crippen LogP contribution in [0.15, 0.2) is 17.2 Å². The van der Waals surface area contributed by atoms with Crippen LogP contribution in [-0.2, 0) is 17.5 Å². The maximum absolute atomic E-state index is 12.6. The van der Waals surface area contributed by atoms with Gasteiger partial charge in [-0.05, 0) is 38.3 Å². The normalized spacial score (nSPS) is 21.3. The first-order valence-corrected chi connectivity index (χ1v) is 9.58. The molecule has 0 aromatic carbocycles. The first-order valence-electron chi connectivity index (χ1n) is 9.58. The molecule has 3 heterocycles. The second kappa shape index (κ2) is 9.16. The van der Waals surface area contributed by atoms with Crippen LogP contribution in [0.4, 0.5) is 13.2 Å². The Morgan fingerprint density at radius 1 is 1.07 bits per heavy atom. The quantitative estimate of drug-likeness (QED) is 0.769. The van der Waals surface area contributed by atoms with Gasteiger partial charge in [-0.2, -0.15) is 13.2 Å². The van der Waals surface area contributed by atoms with Crippen molar-refractivity contribution in [2.45, 2.75) is 32.0 Å². The molecular formula is C18H27F3N4O2. The molecule has 0 bridgehead atoms. The summed E-state index contributed by atoms with van der Waals surface area (Å²) in [5.74, 6) is 0.295. The van der Waals surface area contributed by atoms with Crippen molar-refractivity contribution in [3.63, 3.8) is 0 Å². The molecule has 0 saturated carbocycles. The van der Waals surface area contributed by atoms with Gasteiger partial charge in [-0.3, -0.25) is 14.3 Å². The van der Waals surface area contributed by atoms with E-state index in [9.17, 15) is 18.0 Å². The van der Waals surface area contributed by atoms with E-state index in [1.165, 1.54) is 4.57 Å². The molecule has 0 N–H and O–H groups in total. The van der Waals surface area contributed by atoms with Gasteiger partial charge in [0.2, 0.25) is 0 Å². The molecule has 0 radical (unpaired) electrons. The molecule has 0 unspecified atom stereocenters. The number of alkyl halides is 3. The fourth-order valence-corrected chi connectivity index (χ4v) is 3.69. The van der Waals surface area contributed by atoms with Crippen LogP contribution in [0.5, 0.6) is 0 Å². The number of hydrogen-bond acceptors (Lipinski definition) is 5. The molecular weight excluding hydrogens is 361 g/mol. The van der Waals surface area contributed by atoms with Crippen LogP contribution in [0.3, 0.4) is 0 Å². The summed E-state index contributed by atoms with van der Waals surface area (Å²) in [7, 11) is 0. The predicted molar refractivity (Wildman–Crippen MR) is 94.5 cm³/mol. The number of halogens is 3. The number of ether oxygens (including phenoxy) is 1. The van der Waals surface area contributed by atoms with Crippen molar-refractivity contribution < 1.29 is 17.9 Å². The summed E-state index contributed by atoms with van der Waals surface area (Å²) in [6.07, 6.45) is -0.590. The Balaban J connectivity index is 1.43. The number of likely N-dealkylation sites (tertiary alicyclic amines) is 1. The fraction of sp³-hybridized carbons (Fsp3) is 0.778. The van der Waals surface area contributed by atoms with Gasteiger partial charge in [0.05, 0.1) is 12.9 Å². The number of rotatable bonds is 5. The highest BCUT2D eigenvalue weighted by molar-refractivity contribution is 5.03. The minimum Gasteiger partial charge on any atom is -0.380 e. The van der Waals surface area contributed by atoms with E-state index in [4.69, 9.17) is 4.74 Å². The van der Waals surface area contributed by atoms with Gasteiger partial charge in [-0.25, -0.2) is 4.98 Å². The minimum absolute atomic E-state index is 0.295. The van der Waals surface area contributed by atoms with Gasteiger partial charge < -0.3 is 9.64 Å². The molecule has 0 aliphatic carbocycles. The Labute approximate surface area is 156 Å². The lowest BCUT2D eigenvalue weighted by Crippen LogP contribution is -2.41. The summed E-state index contributed by atoms with van der Waals surface area (Å²) in [4.78, 5) is 20.2. The molecule has 1 aromatic heterocycles. The van der Waals surface area contributed by atoms with E-state index < -0.39 is 17.4 Å². The van der Waals surface area contributed by atoms with E-state index in [-0.39, 0.29) is 0 Å². The Morgan fingerprint density at radius 3 is 2.44 bits per heavy atom. The van der Waals surface area contributed by atoms with Crippen molar-refractivity contribution in [1.82, 2.24) is 19.4 Å². The SMILES string of the molecule is O=c1cc(C(F)(F)F)ncn1CC1CCN(CCN2CCCOCC2)CC1. The van der Waals surface area contributed by atoms with Crippen molar-refractivity contribution in [1.29, 1.82) is 0 Å². The Hall–Kier alpha value is -1.45. The highest BCUT2D eigenvalue weighted by Crippen LogP contribution is 2.26. The maximum atomic E-state index is 12.6. The summed E-state index contributed by atoms with van der Waals surface area (Å²) in [5, 5.41) is 0. The Kier molecular flexibility index (Phi) is 6.88. The Morgan fingerprint density at radius 2 is 1.78 bits per heavy atom. The Bertz CT molecular complexity index is 649. The maximum Gasteiger partial charge on any atom is 0.433 e. The molecule has 9 heteroatoms. The predicted octanol–water partition coefficient (Wildman–Crippen LogP) is 1.70. The van der Waals surface area contributed by atoms with E-state index in [0.717, 1.165) is 78.1 Å². The summed E-state index contributed by atoms with van der Waals surface area (Å²) < 4.78 is 44.6. The molecule has 2 fully saturated rings. The fourth-order valence-electron chi connectivity index (χ4n) is 3.69. The lowest BCUT2D eigenvalue weighted by molar-refractivity contribution is -0.141. The molecule has 2 aliphatic rings.